The van der Waals surface area contributed by atoms with E-state index in [0.29, 0.717) is 16.1 Å². The Labute approximate surface area is 198 Å². The maximum Gasteiger partial charge on any atom is 0.343 e. The number of non-ortho nitro benzene ring substituents is 1. The summed E-state index contributed by atoms with van der Waals surface area (Å²) in [6.45, 7) is 0. The fraction of sp³-hybridized carbons (Fsp3) is 0.0417. The third-order valence-electron chi connectivity index (χ3n) is 4.46. The topological polar surface area (TPSA) is 132 Å². The number of nitrogens with zero attached hydrogens (tertiary/aromatic N) is 2. The molecule has 0 aliphatic rings. The van der Waals surface area contributed by atoms with Crippen molar-refractivity contribution in [3.63, 3.8) is 0 Å². The number of carbonyl (C=O) groups is 2. The number of esters is 1. The minimum absolute atomic E-state index is 0.138. The lowest BCUT2D eigenvalue weighted by Gasteiger charge is -2.10. The van der Waals surface area contributed by atoms with Crippen LogP contribution in [0.3, 0.4) is 0 Å². The Morgan fingerprint density at radius 1 is 1.09 bits per heavy atom. The van der Waals surface area contributed by atoms with E-state index in [-0.39, 0.29) is 28.4 Å². The van der Waals surface area contributed by atoms with E-state index in [0.717, 1.165) is 0 Å². The van der Waals surface area contributed by atoms with Crippen molar-refractivity contribution < 1.29 is 24.0 Å². The second-order valence-corrected chi connectivity index (χ2v) is 7.17. The molecule has 1 N–H and O–H groups in total. The fourth-order valence-corrected chi connectivity index (χ4v) is 2.94. The van der Waals surface area contributed by atoms with Crippen LogP contribution in [0.2, 0.25) is 5.02 Å². The minimum atomic E-state index is -0.750. The largest absolute Gasteiger partial charge is 0.493 e. The van der Waals surface area contributed by atoms with Crippen LogP contribution in [0.4, 0.5) is 11.4 Å². The highest BCUT2D eigenvalue weighted by Crippen LogP contribution is 2.30. The Kier molecular flexibility index (Phi) is 7.59. The van der Waals surface area contributed by atoms with Crippen molar-refractivity contribution in [1.82, 2.24) is 0 Å². The first-order valence-corrected chi connectivity index (χ1v) is 10.0. The van der Waals surface area contributed by atoms with Gasteiger partial charge in [0.15, 0.2) is 11.5 Å². The zero-order valence-electron chi connectivity index (χ0n) is 17.7. The van der Waals surface area contributed by atoms with E-state index in [1.54, 1.807) is 18.2 Å². The third-order valence-corrected chi connectivity index (χ3v) is 4.71. The molecule has 0 bridgehead atoms. The predicted molar refractivity (Wildman–Crippen MR) is 125 cm³/mol. The molecule has 0 saturated carbocycles. The van der Waals surface area contributed by atoms with Crippen LogP contribution in [0.1, 0.15) is 15.9 Å². The number of nitro benzene ring substituents is 1. The van der Waals surface area contributed by atoms with Gasteiger partial charge in [-0.25, -0.2) is 4.79 Å². The first kappa shape index (κ1) is 24.0. The molecule has 10 heteroatoms. The lowest BCUT2D eigenvalue weighted by Crippen LogP contribution is -2.13. The standard InChI is InChI=1S/C24H16ClN3O6/c1-33-22-12-15(5-10-21(22)34-24(30)16-6-8-18(25)9-7-16)11-17(14-26)23(29)27-19-3-2-4-20(13-19)28(31)32/h2-13H,1H3,(H,27,29)/b17-11+. The van der Waals surface area contributed by atoms with Crippen LogP contribution >= 0.6 is 11.6 Å². The summed E-state index contributed by atoms with van der Waals surface area (Å²) in [4.78, 5) is 35.2. The summed E-state index contributed by atoms with van der Waals surface area (Å²) in [6.07, 6.45) is 1.31. The smallest absolute Gasteiger partial charge is 0.343 e. The van der Waals surface area contributed by atoms with Gasteiger partial charge in [-0.15, -0.1) is 0 Å². The van der Waals surface area contributed by atoms with Crippen LogP contribution < -0.4 is 14.8 Å². The summed E-state index contributed by atoms with van der Waals surface area (Å²) in [5.74, 6) is -1.03. The van der Waals surface area contributed by atoms with Crippen LogP contribution in [-0.4, -0.2) is 23.9 Å². The lowest BCUT2D eigenvalue weighted by molar-refractivity contribution is -0.384. The van der Waals surface area contributed by atoms with E-state index in [9.17, 15) is 25.0 Å². The van der Waals surface area contributed by atoms with Gasteiger partial charge in [-0.3, -0.25) is 14.9 Å². The molecule has 0 aliphatic carbocycles. The number of hydrogen-bond acceptors (Lipinski definition) is 7. The van der Waals surface area contributed by atoms with Gasteiger partial charge in [0.25, 0.3) is 11.6 Å². The quantitative estimate of drug-likeness (QED) is 0.126. The lowest BCUT2D eigenvalue weighted by atomic mass is 10.1. The number of nitriles is 1. The van der Waals surface area contributed by atoms with Crippen molar-refractivity contribution >= 4 is 40.9 Å². The second-order valence-electron chi connectivity index (χ2n) is 6.74. The molecule has 0 unspecified atom stereocenters. The zero-order chi connectivity index (χ0) is 24.7. The molecule has 0 saturated heterocycles. The van der Waals surface area contributed by atoms with Gasteiger partial charge in [-0.05, 0) is 54.1 Å². The van der Waals surface area contributed by atoms with Gasteiger partial charge in [-0.2, -0.15) is 5.26 Å². The zero-order valence-corrected chi connectivity index (χ0v) is 18.4. The maximum atomic E-state index is 12.5. The van der Waals surface area contributed by atoms with Crippen molar-refractivity contribution in [2.75, 3.05) is 12.4 Å². The molecule has 0 radical (unpaired) electrons. The van der Waals surface area contributed by atoms with E-state index in [4.69, 9.17) is 21.1 Å². The fourth-order valence-electron chi connectivity index (χ4n) is 2.81. The number of halogens is 1. The Balaban J connectivity index is 1.79. The molecular weight excluding hydrogens is 462 g/mol. The van der Waals surface area contributed by atoms with Gasteiger partial charge < -0.3 is 14.8 Å². The van der Waals surface area contributed by atoms with Crippen molar-refractivity contribution in [3.8, 4) is 17.6 Å². The number of ether oxygens (including phenoxy) is 2. The third kappa shape index (κ3) is 5.97. The van der Waals surface area contributed by atoms with Crippen molar-refractivity contribution in [2.45, 2.75) is 0 Å². The van der Waals surface area contributed by atoms with Gasteiger partial charge in [0, 0.05) is 22.8 Å². The molecule has 170 valence electrons. The average molecular weight is 478 g/mol. The molecule has 0 aromatic heterocycles. The highest BCUT2D eigenvalue weighted by Gasteiger charge is 2.15. The van der Waals surface area contributed by atoms with E-state index < -0.39 is 16.8 Å². The molecule has 0 heterocycles. The molecule has 34 heavy (non-hydrogen) atoms. The predicted octanol–water partition coefficient (Wildman–Crippen LogP) is 5.02. The Morgan fingerprint density at radius 3 is 2.47 bits per heavy atom. The molecule has 9 nitrogen and oxygen atoms in total. The van der Waals surface area contributed by atoms with E-state index >= 15 is 0 Å². The summed E-state index contributed by atoms with van der Waals surface area (Å²) < 4.78 is 10.7. The molecule has 0 aliphatic heterocycles. The summed E-state index contributed by atoms with van der Waals surface area (Å²) >= 11 is 5.83. The van der Waals surface area contributed by atoms with Gasteiger partial charge in [-0.1, -0.05) is 23.7 Å². The van der Waals surface area contributed by atoms with Crippen LogP contribution in [0.5, 0.6) is 11.5 Å². The van der Waals surface area contributed by atoms with Crippen LogP contribution in [-0.2, 0) is 4.79 Å². The number of carbonyl (C=O) groups excluding carboxylic acids is 2. The van der Waals surface area contributed by atoms with Gasteiger partial charge in [0.05, 0.1) is 17.6 Å². The number of benzene rings is 3. The second kappa shape index (κ2) is 10.8. The summed E-state index contributed by atoms with van der Waals surface area (Å²) in [6, 6.07) is 17.8. The van der Waals surface area contributed by atoms with E-state index in [1.807, 2.05) is 0 Å². The number of anilines is 1. The number of rotatable bonds is 7. The van der Waals surface area contributed by atoms with Crippen LogP contribution in [0.25, 0.3) is 6.08 Å². The van der Waals surface area contributed by atoms with Crippen LogP contribution in [0, 0.1) is 21.4 Å². The first-order valence-electron chi connectivity index (χ1n) is 9.64. The SMILES string of the molecule is COc1cc(/C=C(\C#N)C(=O)Nc2cccc([N+](=O)[O-])c2)ccc1OC(=O)c1ccc(Cl)cc1. The summed E-state index contributed by atoms with van der Waals surface area (Å²) in [5, 5.41) is 23.3. The minimum Gasteiger partial charge on any atom is -0.493 e. The first-order chi connectivity index (χ1) is 16.3. The van der Waals surface area contributed by atoms with Crippen LogP contribution in [0.15, 0.2) is 72.3 Å². The number of amides is 1. The monoisotopic (exact) mass is 477 g/mol. The maximum absolute atomic E-state index is 12.5. The average Bonchev–Trinajstić information content (AvgIpc) is 2.83. The van der Waals surface area contributed by atoms with E-state index in [1.165, 1.54) is 67.8 Å². The van der Waals surface area contributed by atoms with E-state index in [2.05, 4.69) is 5.32 Å². The molecular formula is C24H16ClN3O6. The molecule has 3 rings (SSSR count). The molecule has 0 atom stereocenters. The highest BCUT2D eigenvalue weighted by atomic mass is 35.5. The van der Waals surface area contributed by atoms with Gasteiger partial charge in [0.2, 0.25) is 0 Å². The normalized spacial score (nSPS) is 10.7. The molecule has 0 fully saturated rings. The summed E-state index contributed by atoms with van der Waals surface area (Å²) in [5.41, 5.74) is 0.435. The van der Waals surface area contributed by atoms with Crippen molar-refractivity contribution in [1.29, 1.82) is 5.26 Å². The summed E-state index contributed by atoms with van der Waals surface area (Å²) in [7, 11) is 1.38. The molecule has 3 aromatic rings. The van der Waals surface area contributed by atoms with Gasteiger partial charge >= 0.3 is 5.97 Å². The number of hydrogen-bond donors (Lipinski definition) is 1. The molecule has 3 aromatic carbocycles. The Bertz CT molecular complexity index is 1330. The Morgan fingerprint density at radius 2 is 1.82 bits per heavy atom. The number of nitro groups is 1. The van der Waals surface area contributed by atoms with Crippen molar-refractivity contribution in [3.05, 3.63) is 98.6 Å². The van der Waals surface area contributed by atoms with Crippen molar-refractivity contribution in [2.24, 2.45) is 0 Å². The number of methoxy groups -OCH3 is 1. The number of nitrogens with one attached hydrogen (secondary N) is 1. The Hall–Kier alpha value is -4.68. The molecule has 1 amide bonds. The highest BCUT2D eigenvalue weighted by molar-refractivity contribution is 6.30. The van der Waals surface area contributed by atoms with Gasteiger partial charge in [0.1, 0.15) is 11.6 Å². The molecule has 0 spiro atoms.